The molecule has 144 valence electrons. The standard InChI is InChI=1S/C20H19N3O3S2/c1-14-6-7-19(15(2)10-14)23-28(25,26)18-5-3-4-17(11-18)20(24)22-21-12-16-8-9-27-13-16/h3-13,23H,1-2H3,(H,22,24)/b21-12+. The van der Waals surface area contributed by atoms with Gasteiger partial charge in [-0.3, -0.25) is 9.52 Å². The molecule has 28 heavy (non-hydrogen) atoms. The van der Waals surface area contributed by atoms with Crippen molar-refractivity contribution in [2.24, 2.45) is 5.10 Å². The predicted octanol–water partition coefficient (Wildman–Crippen LogP) is 3.93. The number of amides is 1. The van der Waals surface area contributed by atoms with Crippen LogP contribution in [0.2, 0.25) is 0 Å². The second-order valence-electron chi connectivity index (χ2n) is 6.21. The Morgan fingerprint density at radius 2 is 1.93 bits per heavy atom. The first-order valence-corrected chi connectivity index (χ1v) is 10.8. The van der Waals surface area contributed by atoms with Crippen LogP contribution < -0.4 is 10.1 Å². The molecule has 0 atom stereocenters. The van der Waals surface area contributed by atoms with Crippen molar-refractivity contribution in [2.75, 3.05) is 4.72 Å². The maximum atomic E-state index is 12.7. The molecule has 1 aromatic heterocycles. The van der Waals surface area contributed by atoms with Gasteiger partial charge in [-0.2, -0.15) is 16.4 Å². The van der Waals surface area contributed by atoms with Crippen molar-refractivity contribution in [3.8, 4) is 0 Å². The monoisotopic (exact) mass is 413 g/mol. The zero-order chi connectivity index (χ0) is 20.1. The molecule has 0 unspecified atom stereocenters. The summed E-state index contributed by atoms with van der Waals surface area (Å²) in [4.78, 5) is 12.3. The fraction of sp³-hybridized carbons (Fsp3) is 0.100. The Kier molecular flexibility index (Phi) is 5.91. The van der Waals surface area contributed by atoms with Gasteiger partial charge in [0.1, 0.15) is 0 Å². The number of hydrogen-bond donors (Lipinski definition) is 2. The summed E-state index contributed by atoms with van der Waals surface area (Å²) in [6, 6.07) is 13.1. The smallest absolute Gasteiger partial charge is 0.271 e. The molecule has 0 bridgehead atoms. The third-order valence-corrected chi connectivity index (χ3v) is 6.02. The first-order valence-electron chi connectivity index (χ1n) is 8.41. The molecule has 2 aromatic carbocycles. The molecule has 0 saturated heterocycles. The lowest BCUT2D eigenvalue weighted by Gasteiger charge is -2.12. The first-order chi connectivity index (χ1) is 13.3. The largest absolute Gasteiger partial charge is 0.279 e. The molecule has 0 aliphatic carbocycles. The third kappa shape index (κ3) is 4.85. The number of sulfonamides is 1. The minimum atomic E-state index is -3.83. The van der Waals surface area contributed by atoms with Crippen LogP contribution in [-0.4, -0.2) is 20.5 Å². The van der Waals surface area contributed by atoms with E-state index < -0.39 is 15.9 Å². The summed E-state index contributed by atoms with van der Waals surface area (Å²) in [7, 11) is -3.83. The molecule has 6 nitrogen and oxygen atoms in total. The average molecular weight is 414 g/mol. The minimum Gasteiger partial charge on any atom is -0.279 e. The Labute approximate surface area is 168 Å². The molecule has 0 radical (unpaired) electrons. The number of nitrogens with zero attached hydrogens (tertiary/aromatic N) is 1. The van der Waals surface area contributed by atoms with E-state index in [9.17, 15) is 13.2 Å². The van der Waals surface area contributed by atoms with Gasteiger partial charge < -0.3 is 0 Å². The molecule has 3 aromatic rings. The van der Waals surface area contributed by atoms with E-state index in [-0.39, 0.29) is 10.5 Å². The van der Waals surface area contributed by atoms with Crippen molar-refractivity contribution in [3.63, 3.8) is 0 Å². The van der Waals surface area contributed by atoms with Crippen molar-refractivity contribution >= 4 is 39.2 Å². The number of carbonyl (C=O) groups is 1. The van der Waals surface area contributed by atoms with E-state index in [0.29, 0.717) is 5.69 Å². The van der Waals surface area contributed by atoms with Crippen molar-refractivity contribution in [3.05, 3.63) is 81.5 Å². The molecule has 0 saturated carbocycles. The van der Waals surface area contributed by atoms with Crippen LogP contribution in [0, 0.1) is 13.8 Å². The van der Waals surface area contributed by atoms with Crippen LogP contribution in [0.4, 0.5) is 5.69 Å². The highest BCUT2D eigenvalue weighted by molar-refractivity contribution is 7.92. The van der Waals surface area contributed by atoms with Crippen LogP contribution in [0.5, 0.6) is 0 Å². The summed E-state index contributed by atoms with van der Waals surface area (Å²) >= 11 is 1.52. The number of hydrogen-bond acceptors (Lipinski definition) is 5. The van der Waals surface area contributed by atoms with Gasteiger partial charge in [0.25, 0.3) is 15.9 Å². The van der Waals surface area contributed by atoms with Gasteiger partial charge in [-0.15, -0.1) is 0 Å². The first kappa shape index (κ1) is 19.8. The molecule has 0 spiro atoms. The van der Waals surface area contributed by atoms with Crippen molar-refractivity contribution in [1.82, 2.24) is 5.43 Å². The number of nitrogens with one attached hydrogen (secondary N) is 2. The van der Waals surface area contributed by atoms with Gasteiger partial charge in [-0.25, -0.2) is 13.8 Å². The van der Waals surface area contributed by atoms with E-state index in [0.717, 1.165) is 16.7 Å². The average Bonchev–Trinajstić information content (AvgIpc) is 3.17. The number of rotatable bonds is 6. The number of hydrazone groups is 1. The van der Waals surface area contributed by atoms with Gasteiger partial charge in [0.2, 0.25) is 0 Å². The molecular weight excluding hydrogens is 394 g/mol. The van der Waals surface area contributed by atoms with E-state index in [1.807, 2.05) is 42.8 Å². The topological polar surface area (TPSA) is 87.6 Å². The molecular formula is C20H19N3O3S2. The van der Waals surface area contributed by atoms with Gasteiger partial charge in [-0.1, -0.05) is 23.8 Å². The van der Waals surface area contributed by atoms with Crippen LogP contribution in [0.3, 0.4) is 0 Å². The second-order valence-corrected chi connectivity index (χ2v) is 8.67. The molecule has 8 heteroatoms. The number of aryl methyl sites for hydroxylation is 2. The molecule has 0 aliphatic rings. The Balaban J connectivity index is 1.76. The number of carbonyl (C=O) groups excluding carboxylic acids is 1. The number of thiophene rings is 1. The minimum absolute atomic E-state index is 0.00180. The lowest BCUT2D eigenvalue weighted by molar-refractivity contribution is 0.0955. The third-order valence-electron chi connectivity index (χ3n) is 3.96. The van der Waals surface area contributed by atoms with Crippen molar-refractivity contribution in [2.45, 2.75) is 18.7 Å². The summed E-state index contributed by atoms with van der Waals surface area (Å²) in [6.07, 6.45) is 1.52. The molecule has 0 fully saturated rings. The Bertz CT molecular complexity index is 1120. The van der Waals surface area contributed by atoms with Crippen molar-refractivity contribution in [1.29, 1.82) is 0 Å². The highest BCUT2D eigenvalue weighted by Gasteiger charge is 2.17. The summed E-state index contributed by atoms with van der Waals surface area (Å²) in [6.45, 7) is 3.77. The molecule has 3 rings (SSSR count). The Morgan fingerprint density at radius 1 is 1.11 bits per heavy atom. The predicted molar refractivity (Wildman–Crippen MR) is 113 cm³/mol. The zero-order valence-corrected chi connectivity index (χ0v) is 17.0. The Hall–Kier alpha value is -2.97. The lowest BCUT2D eigenvalue weighted by Crippen LogP contribution is -2.19. The summed E-state index contributed by atoms with van der Waals surface area (Å²) in [5.41, 5.74) is 5.84. The molecule has 1 amide bonds. The molecule has 2 N–H and O–H groups in total. The van der Waals surface area contributed by atoms with Crippen molar-refractivity contribution < 1.29 is 13.2 Å². The van der Waals surface area contributed by atoms with E-state index in [1.54, 1.807) is 6.07 Å². The van der Waals surface area contributed by atoms with E-state index >= 15 is 0 Å². The summed E-state index contributed by atoms with van der Waals surface area (Å²) < 4.78 is 28.0. The normalized spacial score (nSPS) is 11.5. The molecule has 0 aliphatic heterocycles. The maximum absolute atomic E-state index is 12.7. The summed E-state index contributed by atoms with van der Waals surface area (Å²) in [5, 5.41) is 7.68. The molecule has 1 heterocycles. The summed E-state index contributed by atoms with van der Waals surface area (Å²) in [5.74, 6) is -0.491. The fourth-order valence-corrected chi connectivity index (χ4v) is 4.30. The van der Waals surface area contributed by atoms with E-state index in [1.165, 1.54) is 41.8 Å². The van der Waals surface area contributed by atoms with Gasteiger partial charge in [-0.05, 0) is 60.5 Å². The van der Waals surface area contributed by atoms with E-state index in [2.05, 4.69) is 15.2 Å². The quantitative estimate of drug-likeness (QED) is 0.474. The van der Waals surface area contributed by atoms with Crippen LogP contribution in [0.1, 0.15) is 27.0 Å². The zero-order valence-electron chi connectivity index (χ0n) is 15.3. The van der Waals surface area contributed by atoms with Gasteiger partial charge in [0.05, 0.1) is 16.8 Å². The van der Waals surface area contributed by atoms with Crippen LogP contribution in [0.15, 0.2) is 69.3 Å². The van der Waals surface area contributed by atoms with Gasteiger partial charge in [0.15, 0.2) is 0 Å². The maximum Gasteiger partial charge on any atom is 0.271 e. The SMILES string of the molecule is Cc1ccc(NS(=O)(=O)c2cccc(C(=O)N/N=C/c3ccsc3)c2)c(C)c1. The fourth-order valence-electron chi connectivity index (χ4n) is 2.51. The number of benzene rings is 2. The number of anilines is 1. The van der Waals surface area contributed by atoms with Gasteiger partial charge >= 0.3 is 0 Å². The van der Waals surface area contributed by atoms with E-state index in [4.69, 9.17) is 0 Å². The van der Waals surface area contributed by atoms with Crippen LogP contribution >= 0.6 is 11.3 Å². The van der Waals surface area contributed by atoms with Gasteiger partial charge in [0, 0.05) is 11.1 Å². The lowest BCUT2D eigenvalue weighted by atomic mass is 10.1. The van der Waals surface area contributed by atoms with Crippen LogP contribution in [0.25, 0.3) is 0 Å². The highest BCUT2D eigenvalue weighted by Crippen LogP contribution is 2.21. The Morgan fingerprint density at radius 3 is 2.64 bits per heavy atom. The van der Waals surface area contributed by atoms with Crippen LogP contribution in [-0.2, 0) is 10.0 Å². The highest BCUT2D eigenvalue weighted by atomic mass is 32.2. The second kappa shape index (κ2) is 8.37.